The summed E-state index contributed by atoms with van der Waals surface area (Å²) >= 11 is 0. The third-order valence-corrected chi connectivity index (χ3v) is 12.4. The minimum absolute atomic E-state index is 0.0177. The lowest BCUT2D eigenvalue weighted by Gasteiger charge is -2.27. The molecule has 0 aliphatic rings. The molecule has 9 nitrogen and oxygen atoms in total. The molecule has 0 bridgehead atoms. The molecule has 0 aromatic heterocycles. The summed E-state index contributed by atoms with van der Waals surface area (Å²) in [5, 5.41) is 3.01. The van der Waals surface area contributed by atoms with Gasteiger partial charge < -0.3 is 19.4 Å². The number of nitrogens with one attached hydrogen (secondary N) is 1. The molecule has 1 amide bonds. The van der Waals surface area contributed by atoms with Gasteiger partial charge in [-0.05, 0) is 102 Å². The molecule has 0 fully saturated rings. The molecule has 0 saturated carbocycles. The van der Waals surface area contributed by atoms with E-state index >= 15 is 0 Å². The summed E-state index contributed by atoms with van der Waals surface area (Å²) in [5.74, 6) is -0.641. The topological polar surface area (TPSA) is 111 Å². The van der Waals surface area contributed by atoms with Crippen LogP contribution in [0.3, 0.4) is 0 Å². The Kier molecular flexibility index (Phi) is 47.4. The number of esters is 1. The summed E-state index contributed by atoms with van der Waals surface area (Å²) < 4.78 is 30.5. The quantitative estimate of drug-likeness (QED) is 0.0205. The Balaban J connectivity index is 5.54. The number of hydrogen-bond acceptors (Lipinski definition) is 6. The first-order chi connectivity index (χ1) is 34.4. The second kappa shape index (κ2) is 50.0. The van der Waals surface area contributed by atoms with E-state index in [1.807, 2.05) is 45.4 Å². The molecule has 404 valence electrons. The van der Waals surface area contributed by atoms with Crippen LogP contribution in [-0.2, 0) is 27.9 Å². The van der Waals surface area contributed by atoms with Crippen molar-refractivity contribution < 1.29 is 37.3 Å². The highest BCUT2D eigenvalue weighted by atomic mass is 31.2. The molecule has 10 heteroatoms. The first-order valence-electron chi connectivity index (χ1n) is 27.9. The van der Waals surface area contributed by atoms with Crippen molar-refractivity contribution in [2.24, 2.45) is 0 Å². The number of nitrogens with zero attached hydrogens (tertiary/aromatic N) is 1. The molecule has 0 saturated heterocycles. The first kappa shape index (κ1) is 67.4. The maximum absolute atomic E-state index is 13.5. The summed E-state index contributed by atoms with van der Waals surface area (Å²) in [6, 6.07) is -0.898. The molecule has 3 atom stereocenters. The Morgan fingerprint density at radius 2 is 0.915 bits per heavy atom. The number of likely N-dealkylation sites (N-methyl/N-ethyl adjacent to an activating group) is 1. The van der Waals surface area contributed by atoms with Gasteiger partial charge in [-0.15, -0.1) is 0 Å². The Bertz CT molecular complexity index is 1630. The van der Waals surface area contributed by atoms with Crippen molar-refractivity contribution in [2.75, 3.05) is 40.9 Å². The van der Waals surface area contributed by atoms with Crippen LogP contribution in [0, 0.1) is 0 Å². The normalized spacial score (nSPS) is 14.7. The fourth-order valence-electron chi connectivity index (χ4n) is 7.15. The van der Waals surface area contributed by atoms with E-state index in [9.17, 15) is 19.0 Å². The van der Waals surface area contributed by atoms with Crippen LogP contribution >= 0.6 is 7.82 Å². The molecule has 0 heterocycles. The monoisotopic (exact) mass is 1010 g/mol. The van der Waals surface area contributed by atoms with Crippen LogP contribution in [0.2, 0.25) is 0 Å². The molecule has 2 N–H and O–H groups in total. The van der Waals surface area contributed by atoms with E-state index in [0.29, 0.717) is 23.9 Å². The second-order valence-corrected chi connectivity index (χ2v) is 20.8. The van der Waals surface area contributed by atoms with Crippen molar-refractivity contribution in [2.45, 2.75) is 213 Å². The minimum Gasteiger partial charge on any atom is -0.456 e. The van der Waals surface area contributed by atoms with Crippen LogP contribution in [0.5, 0.6) is 0 Å². The molecule has 0 aliphatic carbocycles. The molecule has 0 aliphatic heterocycles. The molecule has 0 radical (unpaired) electrons. The van der Waals surface area contributed by atoms with E-state index in [1.54, 1.807) is 0 Å². The summed E-state index contributed by atoms with van der Waals surface area (Å²) in [5.41, 5.74) is 0. The highest BCUT2D eigenvalue weighted by Gasteiger charge is 2.30. The number of carbonyl (C=O) groups excluding carboxylic acids is 2. The van der Waals surface area contributed by atoms with Gasteiger partial charge in [0.15, 0.2) is 0 Å². The molecule has 0 rings (SSSR count). The zero-order valence-corrected chi connectivity index (χ0v) is 46.8. The summed E-state index contributed by atoms with van der Waals surface area (Å²) in [7, 11) is 1.42. The number of unbranched alkanes of at least 4 members (excludes halogenated alkanes) is 14. The van der Waals surface area contributed by atoms with Gasteiger partial charge in [0.2, 0.25) is 5.91 Å². The van der Waals surface area contributed by atoms with Crippen LogP contribution in [-0.4, -0.2) is 74.3 Å². The number of quaternary nitrogens is 1. The van der Waals surface area contributed by atoms with Gasteiger partial charge in [0, 0.05) is 12.8 Å². The SMILES string of the molecule is CC/C=C\C/C=C\C/C=C\C/C=C\C/C=C\C/C=C\CCC(=O)OC(/C=C/CCCCCCCCCCCC)C(COP(=O)(O)OCC[N+](C)(C)C)NC(=O)CCCCCC/C=C/C/C=C/C/C=C/CC. The minimum atomic E-state index is -4.47. The first-order valence-corrected chi connectivity index (χ1v) is 29.4. The van der Waals surface area contributed by atoms with Crippen LogP contribution in [0.15, 0.2) is 122 Å². The average molecular weight is 1010 g/mol. The maximum Gasteiger partial charge on any atom is 0.472 e. The Labute approximate surface area is 435 Å². The van der Waals surface area contributed by atoms with E-state index in [0.717, 1.165) is 103 Å². The average Bonchev–Trinajstić information content (AvgIpc) is 3.33. The molecule has 0 spiro atoms. The molecule has 71 heavy (non-hydrogen) atoms. The third-order valence-electron chi connectivity index (χ3n) is 11.4. The molecule has 3 unspecified atom stereocenters. The van der Waals surface area contributed by atoms with Crippen LogP contribution in [0.25, 0.3) is 0 Å². The number of amides is 1. The molecular formula is C61H104N2O7P+. The van der Waals surface area contributed by atoms with Crippen molar-refractivity contribution in [1.29, 1.82) is 0 Å². The lowest BCUT2D eigenvalue weighted by atomic mass is 10.1. The highest BCUT2D eigenvalue weighted by molar-refractivity contribution is 7.47. The standard InChI is InChI=1S/C61H103N2O7P/c1-7-10-13-16-19-22-25-28-30-31-32-33-34-36-39-42-45-48-51-54-61(65)70-59(52-49-46-43-40-37-27-24-21-18-15-12-9-3)58(57-69-71(66,67)68-56-55-63(4,5)6)62-60(64)53-50-47-44-41-38-35-29-26-23-20-17-14-11-8-2/h10-11,13-14,19-20,22-23,28-30,32-33,35-36,39,45,48-49,52,58-59H,7-9,12,15-18,21,24-27,31,34,37-38,40-44,46-47,50-51,53-57H2,1-6H3,(H-,62,64,66,67)/p+1/b13-10-,14-11+,22-19-,23-20+,30-28-,33-32-,35-29+,39-36-,48-45-,52-49+. The van der Waals surface area contributed by atoms with Crippen molar-refractivity contribution in [3.05, 3.63) is 122 Å². The fourth-order valence-corrected chi connectivity index (χ4v) is 7.89. The Morgan fingerprint density at radius 3 is 1.38 bits per heavy atom. The number of phosphoric ester groups is 1. The number of phosphoric acid groups is 1. The van der Waals surface area contributed by atoms with Gasteiger partial charge in [-0.1, -0.05) is 207 Å². The third kappa shape index (κ3) is 51.1. The van der Waals surface area contributed by atoms with Crippen LogP contribution in [0.1, 0.15) is 201 Å². The van der Waals surface area contributed by atoms with Crippen molar-refractivity contribution in [3.63, 3.8) is 0 Å². The largest absolute Gasteiger partial charge is 0.472 e. The summed E-state index contributed by atoms with van der Waals surface area (Å²) in [4.78, 5) is 37.5. The van der Waals surface area contributed by atoms with Crippen molar-refractivity contribution >= 4 is 19.7 Å². The second-order valence-electron chi connectivity index (χ2n) is 19.3. The number of allylic oxidation sites excluding steroid dienone is 19. The molecular weight excluding hydrogens is 904 g/mol. The van der Waals surface area contributed by atoms with E-state index in [-0.39, 0.29) is 32.0 Å². The van der Waals surface area contributed by atoms with Gasteiger partial charge in [-0.25, -0.2) is 4.57 Å². The van der Waals surface area contributed by atoms with Gasteiger partial charge in [0.05, 0.1) is 33.8 Å². The van der Waals surface area contributed by atoms with E-state index in [1.165, 1.54) is 51.4 Å². The van der Waals surface area contributed by atoms with E-state index < -0.39 is 25.9 Å². The molecule has 0 aromatic carbocycles. The number of carbonyl (C=O) groups is 2. The predicted molar refractivity (Wildman–Crippen MR) is 304 cm³/mol. The zero-order chi connectivity index (χ0) is 52.2. The maximum atomic E-state index is 13.5. The highest BCUT2D eigenvalue weighted by Crippen LogP contribution is 2.43. The lowest BCUT2D eigenvalue weighted by molar-refractivity contribution is -0.870. The van der Waals surface area contributed by atoms with E-state index in [4.69, 9.17) is 13.8 Å². The van der Waals surface area contributed by atoms with Gasteiger partial charge in [0.1, 0.15) is 19.3 Å². The Hall–Kier alpha value is -3.59. The molecule has 0 aromatic rings. The zero-order valence-electron chi connectivity index (χ0n) is 45.9. The number of ether oxygens (including phenoxy) is 1. The van der Waals surface area contributed by atoms with Crippen molar-refractivity contribution in [3.8, 4) is 0 Å². The van der Waals surface area contributed by atoms with Gasteiger partial charge in [-0.3, -0.25) is 18.6 Å². The summed E-state index contributed by atoms with van der Waals surface area (Å²) in [6.45, 7) is 6.68. The van der Waals surface area contributed by atoms with Gasteiger partial charge in [-0.2, -0.15) is 0 Å². The van der Waals surface area contributed by atoms with Crippen molar-refractivity contribution in [1.82, 2.24) is 5.32 Å². The van der Waals surface area contributed by atoms with Gasteiger partial charge in [0.25, 0.3) is 0 Å². The smallest absolute Gasteiger partial charge is 0.456 e. The number of hydrogen-bond donors (Lipinski definition) is 2. The van der Waals surface area contributed by atoms with Gasteiger partial charge >= 0.3 is 13.8 Å². The Morgan fingerprint density at radius 1 is 0.507 bits per heavy atom. The van der Waals surface area contributed by atoms with Crippen LogP contribution in [0.4, 0.5) is 0 Å². The van der Waals surface area contributed by atoms with Crippen LogP contribution < -0.4 is 5.32 Å². The van der Waals surface area contributed by atoms with E-state index in [2.05, 4.69) is 123 Å². The number of rotatable bonds is 48. The fraction of sp³-hybridized carbons (Fsp3) is 0.639. The lowest BCUT2D eigenvalue weighted by Crippen LogP contribution is -2.47. The predicted octanol–water partition coefficient (Wildman–Crippen LogP) is 16.8. The summed E-state index contributed by atoms with van der Waals surface area (Å²) in [6.07, 6.45) is 69.3.